The molecule has 1 saturated carbocycles. The molecule has 2 aliphatic rings. The minimum Gasteiger partial charge on any atom is -0.295 e. The summed E-state index contributed by atoms with van der Waals surface area (Å²) < 4.78 is 0. The summed E-state index contributed by atoms with van der Waals surface area (Å²) in [6, 6.07) is 26.0. The van der Waals surface area contributed by atoms with Crippen LogP contribution in [0.4, 0.5) is 0 Å². The van der Waals surface area contributed by atoms with E-state index in [1.165, 1.54) is 0 Å². The molecule has 0 aromatic heterocycles. The van der Waals surface area contributed by atoms with E-state index in [1.807, 2.05) is 60.7 Å². The Morgan fingerprint density at radius 3 is 2.33 bits per heavy atom. The van der Waals surface area contributed by atoms with Crippen LogP contribution in [0.15, 0.2) is 78.9 Å². The number of amidine groups is 1. The van der Waals surface area contributed by atoms with Crippen LogP contribution >= 0.6 is 11.6 Å². The number of likely N-dealkylation sites (tertiary alicyclic amines) is 1. The molecule has 0 spiro atoms. The van der Waals surface area contributed by atoms with Gasteiger partial charge in [0.25, 0.3) is 0 Å². The lowest BCUT2D eigenvalue weighted by atomic mass is 9.73. The summed E-state index contributed by atoms with van der Waals surface area (Å²) in [6.07, 6.45) is 2.56. The minimum atomic E-state index is -0.625. The Kier molecular flexibility index (Phi) is 4.71. The summed E-state index contributed by atoms with van der Waals surface area (Å²) in [4.78, 5) is 15.5. The van der Waals surface area contributed by atoms with Gasteiger partial charge in [0.1, 0.15) is 5.84 Å². The standard InChI is InChI=1S/C26H23ClN2O/c27-23-11-5-9-20(15-23)19-8-4-10-22(14-19)26(21-12-13-21)16-24(28)29(25(26)30)17-18-6-2-1-3-7-18/h1-11,14-15,21,28H,12-13,16-17H2. The van der Waals surface area contributed by atoms with Crippen molar-refractivity contribution in [3.05, 3.63) is 95.0 Å². The molecule has 5 rings (SSSR count). The number of hydrogen-bond donors (Lipinski definition) is 1. The summed E-state index contributed by atoms with van der Waals surface area (Å²) >= 11 is 6.20. The number of amides is 1. The largest absolute Gasteiger partial charge is 0.295 e. The van der Waals surface area contributed by atoms with E-state index in [9.17, 15) is 4.79 Å². The molecule has 1 heterocycles. The third-order valence-corrected chi connectivity index (χ3v) is 6.63. The monoisotopic (exact) mass is 414 g/mol. The number of halogens is 1. The Morgan fingerprint density at radius 2 is 1.63 bits per heavy atom. The van der Waals surface area contributed by atoms with Crippen molar-refractivity contribution in [1.82, 2.24) is 4.90 Å². The molecule has 3 nitrogen and oxygen atoms in total. The van der Waals surface area contributed by atoms with Crippen LogP contribution in [0.2, 0.25) is 5.02 Å². The Bertz CT molecular complexity index is 1120. The molecule has 1 unspecified atom stereocenters. The van der Waals surface area contributed by atoms with Crippen LogP contribution in [-0.4, -0.2) is 16.6 Å². The van der Waals surface area contributed by atoms with Crippen molar-refractivity contribution < 1.29 is 4.79 Å². The summed E-state index contributed by atoms with van der Waals surface area (Å²) in [5.74, 6) is 0.798. The smallest absolute Gasteiger partial charge is 0.239 e. The van der Waals surface area contributed by atoms with E-state index in [0.717, 1.165) is 35.1 Å². The van der Waals surface area contributed by atoms with Gasteiger partial charge in [0.15, 0.2) is 0 Å². The van der Waals surface area contributed by atoms with Crippen molar-refractivity contribution in [2.24, 2.45) is 5.92 Å². The number of rotatable bonds is 5. The molecule has 30 heavy (non-hydrogen) atoms. The number of hydrogen-bond acceptors (Lipinski definition) is 2. The Morgan fingerprint density at radius 1 is 0.933 bits per heavy atom. The van der Waals surface area contributed by atoms with Gasteiger partial charge in [-0.1, -0.05) is 78.3 Å². The Labute approximate surface area is 181 Å². The summed E-state index contributed by atoms with van der Waals surface area (Å²) in [6.45, 7) is 0.459. The predicted molar refractivity (Wildman–Crippen MR) is 121 cm³/mol. The van der Waals surface area contributed by atoms with Crippen molar-refractivity contribution in [3.8, 4) is 11.1 Å². The zero-order chi connectivity index (χ0) is 20.7. The summed E-state index contributed by atoms with van der Waals surface area (Å²) in [5.41, 5.74) is 3.54. The van der Waals surface area contributed by atoms with Gasteiger partial charge in [0.2, 0.25) is 5.91 Å². The molecule has 3 aromatic carbocycles. The molecule has 1 saturated heterocycles. The highest BCUT2D eigenvalue weighted by molar-refractivity contribution is 6.30. The van der Waals surface area contributed by atoms with Gasteiger partial charge in [-0.25, -0.2) is 0 Å². The van der Waals surface area contributed by atoms with Gasteiger partial charge in [0, 0.05) is 11.4 Å². The van der Waals surface area contributed by atoms with E-state index in [2.05, 4.69) is 18.2 Å². The van der Waals surface area contributed by atoms with E-state index in [-0.39, 0.29) is 5.91 Å². The summed E-state index contributed by atoms with van der Waals surface area (Å²) in [7, 11) is 0. The Balaban J connectivity index is 1.54. The first-order chi connectivity index (χ1) is 14.6. The average molecular weight is 415 g/mol. The molecule has 1 N–H and O–H groups in total. The van der Waals surface area contributed by atoms with E-state index >= 15 is 0 Å². The molecular formula is C26H23ClN2O. The molecule has 0 radical (unpaired) electrons. The number of carbonyl (C=O) groups excluding carboxylic acids is 1. The molecule has 0 bridgehead atoms. The average Bonchev–Trinajstić information content (AvgIpc) is 3.58. The van der Waals surface area contributed by atoms with Crippen LogP contribution in [0.1, 0.15) is 30.4 Å². The fourth-order valence-corrected chi connectivity index (χ4v) is 4.92. The number of nitrogens with one attached hydrogen (secondary N) is 1. The van der Waals surface area contributed by atoms with Crippen LogP contribution in [0.5, 0.6) is 0 Å². The molecular weight excluding hydrogens is 392 g/mol. The molecule has 1 aliphatic heterocycles. The highest BCUT2D eigenvalue weighted by atomic mass is 35.5. The zero-order valence-corrected chi connectivity index (χ0v) is 17.4. The lowest BCUT2D eigenvalue weighted by Crippen LogP contribution is -2.39. The molecule has 150 valence electrons. The topological polar surface area (TPSA) is 44.2 Å². The van der Waals surface area contributed by atoms with Crippen molar-refractivity contribution in [1.29, 1.82) is 5.41 Å². The SMILES string of the molecule is N=C1CC(c2cccc(-c3cccc(Cl)c3)c2)(C2CC2)C(=O)N1Cc1ccccc1. The second kappa shape index (κ2) is 7.41. The third kappa shape index (κ3) is 3.23. The van der Waals surface area contributed by atoms with Gasteiger partial charge in [-0.3, -0.25) is 15.1 Å². The van der Waals surface area contributed by atoms with Gasteiger partial charge in [-0.2, -0.15) is 0 Å². The fraction of sp³-hybridized carbons (Fsp3) is 0.231. The maximum atomic E-state index is 13.8. The minimum absolute atomic E-state index is 0.0714. The molecule has 1 atom stereocenters. The molecule has 3 aromatic rings. The third-order valence-electron chi connectivity index (χ3n) is 6.39. The van der Waals surface area contributed by atoms with E-state index in [1.54, 1.807) is 4.90 Å². The first-order valence-corrected chi connectivity index (χ1v) is 10.8. The Hall–Kier alpha value is -2.91. The predicted octanol–water partition coefficient (Wildman–Crippen LogP) is 6.06. The maximum absolute atomic E-state index is 13.8. The summed E-state index contributed by atoms with van der Waals surface area (Å²) in [5, 5.41) is 9.34. The van der Waals surface area contributed by atoms with Gasteiger partial charge >= 0.3 is 0 Å². The van der Waals surface area contributed by atoms with E-state index < -0.39 is 5.41 Å². The van der Waals surface area contributed by atoms with Crippen LogP contribution in [-0.2, 0) is 16.8 Å². The number of carbonyl (C=O) groups is 1. The van der Waals surface area contributed by atoms with Crippen LogP contribution in [0.25, 0.3) is 11.1 Å². The van der Waals surface area contributed by atoms with Gasteiger partial charge < -0.3 is 0 Å². The van der Waals surface area contributed by atoms with Gasteiger partial charge in [0.05, 0.1) is 12.0 Å². The first kappa shape index (κ1) is 19.1. The van der Waals surface area contributed by atoms with Crippen molar-refractivity contribution in [2.45, 2.75) is 31.2 Å². The van der Waals surface area contributed by atoms with Crippen LogP contribution in [0.3, 0.4) is 0 Å². The number of nitrogens with zero attached hydrogens (tertiary/aromatic N) is 1. The van der Waals surface area contributed by atoms with E-state index in [4.69, 9.17) is 17.0 Å². The molecule has 1 aliphatic carbocycles. The van der Waals surface area contributed by atoms with E-state index in [0.29, 0.717) is 29.7 Å². The first-order valence-electron chi connectivity index (χ1n) is 10.4. The lowest BCUT2D eigenvalue weighted by molar-refractivity contribution is -0.132. The van der Waals surface area contributed by atoms with Gasteiger partial charge in [-0.05, 0) is 53.1 Å². The van der Waals surface area contributed by atoms with Crippen LogP contribution in [0, 0.1) is 11.3 Å². The van der Waals surface area contributed by atoms with Crippen molar-refractivity contribution >= 4 is 23.3 Å². The maximum Gasteiger partial charge on any atom is 0.239 e. The van der Waals surface area contributed by atoms with Crippen LogP contribution < -0.4 is 0 Å². The highest BCUT2D eigenvalue weighted by Gasteiger charge is 2.58. The highest BCUT2D eigenvalue weighted by Crippen LogP contribution is 2.54. The van der Waals surface area contributed by atoms with Crippen molar-refractivity contribution in [3.63, 3.8) is 0 Å². The quantitative estimate of drug-likeness (QED) is 0.541. The lowest BCUT2D eigenvalue weighted by Gasteiger charge is -2.28. The fourth-order valence-electron chi connectivity index (χ4n) is 4.73. The second-order valence-electron chi connectivity index (χ2n) is 8.34. The van der Waals surface area contributed by atoms with Gasteiger partial charge in [-0.15, -0.1) is 0 Å². The normalized spacial score (nSPS) is 21.3. The van der Waals surface area contributed by atoms with Crippen molar-refractivity contribution in [2.75, 3.05) is 0 Å². The molecule has 2 fully saturated rings. The number of benzene rings is 3. The zero-order valence-electron chi connectivity index (χ0n) is 16.6. The second-order valence-corrected chi connectivity index (χ2v) is 8.77. The molecule has 4 heteroatoms. The molecule has 1 amide bonds.